The molecule has 0 atom stereocenters. The number of halogens is 1. The first-order valence-corrected chi connectivity index (χ1v) is 7.23. The summed E-state index contributed by atoms with van der Waals surface area (Å²) in [5.41, 5.74) is 0.554. The number of carbonyl (C=O) groups excluding carboxylic acids is 1. The molecular weight excluding hydrogens is 290 g/mol. The molecule has 5 nitrogen and oxygen atoms in total. The summed E-state index contributed by atoms with van der Waals surface area (Å²) in [6.45, 7) is -0.459. The van der Waals surface area contributed by atoms with Crippen LogP contribution in [-0.4, -0.2) is 35.6 Å². The minimum Gasteiger partial charge on any atom is -0.480 e. The molecule has 0 saturated carbocycles. The first-order valence-electron chi connectivity index (χ1n) is 5.46. The number of amides is 1. The number of anilines is 1. The number of thioether (sulfide) groups is 1. The number of aliphatic carboxylic acids is 1. The van der Waals surface area contributed by atoms with Crippen molar-refractivity contribution in [1.82, 2.24) is 0 Å². The van der Waals surface area contributed by atoms with E-state index in [9.17, 15) is 9.59 Å². The molecular formula is C12H14ClNO4S. The van der Waals surface area contributed by atoms with Crippen molar-refractivity contribution in [2.75, 3.05) is 23.9 Å². The number of carbonyl (C=O) groups is 2. The van der Waals surface area contributed by atoms with Crippen molar-refractivity contribution in [1.29, 1.82) is 0 Å². The zero-order valence-electron chi connectivity index (χ0n) is 10.3. The lowest BCUT2D eigenvalue weighted by Gasteiger charge is -2.09. The molecule has 1 rings (SSSR count). The summed E-state index contributed by atoms with van der Waals surface area (Å²) in [7, 11) is 0. The van der Waals surface area contributed by atoms with Gasteiger partial charge >= 0.3 is 5.97 Å². The SMILES string of the molecule is CSCCC(=O)Nc1ccc(OCC(=O)O)c(Cl)c1. The molecule has 19 heavy (non-hydrogen) atoms. The predicted octanol–water partition coefficient (Wildman–Crippen LogP) is 2.50. The van der Waals surface area contributed by atoms with E-state index in [1.807, 2.05) is 6.26 Å². The maximum atomic E-state index is 11.5. The second-order valence-corrected chi connectivity index (χ2v) is 5.01. The van der Waals surface area contributed by atoms with Crippen molar-refractivity contribution in [3.63, 3.8) is 0 Å². The Morgan fingerprint density at radius 1 is 1.47 bits per heavy atom. The molecule has 1 amide bonds. The fourth-order valence-corrected chi connectivity index (χ4v) is 1.88. The van der Waals surface area contributed by atoms with E-state index in [0.717, 1.165) is 5.75 Å². The molecule has 0 aliphatic heterocycles. The van der Waals surface area contributed by atoms with Gasteiger partial charge in [-0.25, -0.2) is 4.79 Å². The van der Waals surface area contributed by atoms with Gasteiger partial charge in [-0.05, 0) is 24.5 Å². The molecule has 2 N–H and O–H groups in total. The van der Waals surface area contributed by atoms with Crippen LogP contribution >= 0.6 is 23.4 Å². The first kappa shape index (κ1) is 15.7. The van der Waals surface area contributed by atoms with E-state index in [4.69, 9.17) is 21.4 Å². The van der Waals surface area contributed by atoms with E-state index >= 15 is 0 Å². The Labute approximate surface area is 120 Å². The zero-order chi connectivity index (χ0) is 14.3. The van der Waals surface area contributed by atoms with E-state index < -0.39 is 12.6 Å². The van der Waals surface area contributed by atoms with E-state index in [0.29, 0.717) is 12.1 Å². The Hall–Kier alpha value is -1.40. The topological polar surface area (TPSA) is 75.6 Å². The minimum absolute atomic E-state index is 0.0929. The molecule has 104 valence electrons. The molecule has 0 aromatic heterocycles. The molecule has 0 heterocycles. The molecule has 0 aliphatic carbocycles. The van der Waals surface area contributed by atoms with Gasteiger partial charge in [-0.2, -0.15) is 11.8 Å². The molecule has 1 aromatic rings. The summed E-state index contributed by atoms with van der Waals surface area (Å²) in [6.07, 6.45) is 2.36. The van der Waals surface area contributed by atoms with E-state index in [-0.39, 0.29) is 16.7 Å². The minimum atomic E-state index is -1.08. The number of benzene rings is 1. The maximum absolute atomic E-state index is 11.5. The van der Waals surface area contributed by atoms with Gasteiger partial charge in [0.05, 0.1) is 5.02 Å². The van der Waals surface area contributed by atoms with Gasteiger partial charge in [0.2, 0.25) is 5.91 Å². The van der Waals surface area contributed by atoms with Crippen molar-refractivity contribution < 1.29 is 19.4 Å². The van der Waals surface area contributed by atoms with Crippen LogP contribution in [0.5, 0.6) is 5.75 Å². The number of nitrogens with one attached hydrogen (secondary N) is 1. The predicted molar refractivity (Wildman–Crippen MR) is 76.2 cm³/mol. The van der Waals surface area contributed by atoms with Gasteiger partial charge < -0.3 is 15.2 Å². The summed E-state index contributed by atoms with van der Waals surface area (Å²) in [5.74, 6) is -0.152. The van der Waals surface area contributed by atoms with Crippen LogP contribution < -0.4 is 10.1 Å². The monoisotopic (exact) mass is 303 g/mol. The van der Waals surface area contributed by atoms with Crippen LogP contribution in [0.2, 0.25) is 5.02 Å². The molecule has 0 bridgehead atoms. The standard InChI is InChI=1S/C12H14ClNO4S/c1-19-5-4-11(15)14-8-2-3-10(9(13)6-8)18-7-12(16)17/h2-3,6H,4-5,7H2,1H3,(H,14,15)(H,16,17). The summed E-state index contributed by atoms with van der Waals surface area (Å²) in [6, 6.07) is 4.66. The second-order valence-electron chi connectivity index (χ2n) is 3.62. The zero-order valence-corrected chi connectivity index (χ0v) is 11.9. The number of rotatable bonds is 7. The Balaban J connectivity index is 2.60. The van der Waals surface area contributed by atoms with Gasteiger partial charge in [-0.1, -0.05) is 11.6 Å². The van der Waals surface area contributed by atoms with Crippen LogP contribution in [0.1, 0.15) is 6.42 Å². The lowest BCUT2D eigenvalue weighted by Crippen LogP contribution is -2.12. The van der Waals surface area contributed by atoms with E-state index in [1.165, 1.54) is 12.1 Å². The Kier molecular flexibility index (Phi) is 6.52. The van der Waals surface area contributed by atoms with Gasteiger partial charge in [-0.3, -0.25) is 4.79 Å². The highest BCUT2D eigenvalue weighted by Gasteiger charge is 2.07. The van der Waals surface area contributed by atoms with Gasteiger partial charge in [0.25, 0.3) is 0 Å². The van der Waals surface area contributed by atoms with Crippen LogP contribution in [0.4, 0.5) is 5.69 Å². The van der Waals surface area contributed by atoms with Crippen molar-refractivity contribution in [2.45, 2.75) is 6.42 Å². The average molecular weight is 304 g/mol. The summed E-state index contributed by atoms with van der Waals surface area (Å²) >= 11 is 7.52. The second kappa shape index (κ2) is 7.91. The quantitative estimate of drug-likeness (QED) is 0.809. The highest BCUT2D eigenvalue weighted by Crippen LogP contribution is 2.27. The van der Waals surface area contributed by atoms with E-state index in [2.05, 4.69) is 5.32 Å². The number of carboxylic acids is 1. The fourth-order valence-electron chi connectivity index (χ4n) is 1.25. The molecule has 1 aromatic carbocycles. The Bertz CT molecular complexity index is 467. The van der Waals surface area contributed by atoms with Gasteiger partial charge in [0, 0.05) is 17.9 Å². The number of hydrogen-bond donors (Lipinski definition) is 2. The molecule has 0 aliphatic rings. The number of hydrogen-bond acceptors (Lipinski definition) is 4. The van der Waals surface area contributed by atoms with Gasteiger partial charge in [-0.15, -0.1) is 0 Å². The van der Waals surface area contributed by atoms with Gasteiger partial charge in [0.15, 0.2) is 6.61 Å². The lowest BCUT2D eigenvalue weighted by atomic mass is 10.3. The Morgan fingerprint density at radius 2 is 2.21 bits per heavy atom. The third kappa shape index (κ3) is 5.85. The highest BCUT2D eigenvalue weighted by molar-refractivity contribution is 7.98. The van der Waals surface area contributed by atoms with Crippen molar-refractivity contribution in [2.24, 2.45) is 0 Å². The summed E-state index contributed by atoms with van der Waals surface area (Å²) in [5, 5.41) is 11.4. The van der Waals surface area contributed by atoms with E-state index in [1.54, 1.807) is 17.8 Å². The first-order chi connectivity index (χ1) is 9.02. The van der Waals surface area contributed by atoms with Gasteiger partial charge in [0.1, 0.15) is 5.75 Å². The maximum Gasteiger partial charge on any atom is 0.341 e. The summed E-state index contributed by atoms with van der Waals surface area (Å²) in [4.78, 5) is 21.9. The largest absolute Gasteiger partial charge is 0.480 e. The van der Waals surface area contributed by atoms with Crippen LogP contribution in [0.3, 0.4) is 0 Å². The van der Waals surface area contributed by atoms with Crippen molar-refractivity contribution in [3.05, 3.63) is 23.2 Å². The van der Waals surface area contributed by atoms with Crippen LogP contribution in [-0.2, 0) is 9.59 Å². The molecule has 0 spiro atoms. The van der Waals surface area contributed by atoms with Crippen LogP contribution in [0, 0.1) is 0 Å². The van der Waals surface area contributed by atoms with Crippen LogP contribution in [0.25, 0.3) is 0 Å². The number of carboxylic acid groups (broad SMARTS) is 1. The fraction of sp³-hybridized carbons (Fsp3) is 0.333. The third-order valence-corrected chi connectivity index (χ3v) is 3.01. The lowest BCUT2D eigenvalue weighted by molar-refractivity contribution is -0.139. The Morgan fingerprint density at radius 3 is 2.79 bits per heavy atom. The third-order valence-electron chi connectivity index (χ3n) is 2.10. The van der Waals surface area contributed by atoms with Crippen molar-refractivity contribution >= 4 is 40.9 Å². The molecule has 0 unspecified atom stereocenters. The highest BCUT2D eigenvalue weighted by atomic mass is 35.5. The van der Waals surface area contributed by atoms with Crippen LogP contribution in [0.15, 0.2) is 18.2 Å². The molecule has 7 heteroatoms. The normalized spacial score (nSPS) is 10.0. The molecule has 0 fully saturated rings. The van der Waals surface area contributed by atoms with Crippen molar-refractivity contribution in [3.8, 4) is 5.75 Å². The summed E-state index contributed by atoms with van der Waals surface area (Å²) < 4.78 is 4.98. The average Bonchev–Trinajstić information content (AvgIpc) is 2.35. The molecule has 0 radical (unpaired) electrons. The molecule has 0 saturated heterocycles. The smallest absolute Gasteiger partial charge is 0.341 e. The number of ether oxygens (including phenoxy) is 1.